The van der Waals surface area contributed by atoms with Crippen LogP contribution < -0.4 is 16.8 Å². The Kier molecular flexibility index (Phi) is 5.15. The maximum Gasteiger partial charge on any atom is 0.136 e. The smallest absolute Gasteiger partial charge is 0.136 e. The van der Waals surface area contributed by atoms with Crippen LogP contribution in [0.2, 0.25) is 0 Å². The first-order valence-electron chi connectivity index (χ1n) is 9.20. The summed E-state index contributed by atoms with van der Waals surface area (Å²) in [6, 6.07) is 31.1. The summed E-state index contributed by atoms with van der Waals surface area (Å²) in [5.74, 6) is 0.672. The minimum atomic E-state index is -0.675. The number of rotatable bonds is 5. The lowest BCUT2D eigenvalue weighted by Gasteiger charge is -2.15. The van der Waals surface area contributed by atoms with Gasteiger partial charge >= 0.3 is 0 Å². The quantitative estimate of drug-likeness (QED) is 0.448. The van der Waals surface area contributed by atoms with E-state index in [1.54, 1.807) is 0 Å². The van der Waals surface area contributed by atoms with Crippen LogP contribution in [-0.2, 0) is 0 Å². The predicted octanol–water partition coefficient (Wildman–Crippen LogP) is 4.70. The van der Waals surface area contributed by atoms with E-state index in [0.717, 1.165) is 22.3 Å². The van der Waals surface area contributed by atoms with Crippen molar-refractivity contribution in [3.05, 3.63) is 97.2 Å². The van der Waals surface area contributed by atoms with Gasteiger partial charge in [0.15, 0.2) is 0 Å². The summed E-state index contributed by atoms with van der Waals surface area (Å²) in [7, 11) is 0. The van der Waals surface area contributed by atoms with Gasteiger partial charge in [-0.1, -0.05) is 84.9 Å². The molecule has 0 aliphatic rings. The molecule has 0 aliphatic heterocycles. The molecule has 0 bridgehead atoms. The standard InChI is InChI=1S/C24H22N4/c25-24(26)28-23-22(20-9-5-2-6-10-20)15-21(16-27-23)19-13-11-18(12-14-19)17-7-3-1-4-8-17/h1-16,24H,25-26H2,(H,27,28). The third-order valence-electron chi connectivity index (χ3n) is 4.60. The van der Waals surface area contributed by atoms with Crippen molar-refractivity contribution >= 4 is 5.82 Å². The molecule has 0 fully saturated rings. The highest BCUT2D eigenvalue weighted by Gasteiger charge is 2.10. The van der Waals surface area contributed by atoms with Crippen LogP contribution >= 0.6 is 0 Å². The molecule has 0 atom stereocenters. The Labute approximate surface area is 164 Å². The number of nitrogens with one attached hydrogen (secondary N) is 1. The average Bonchev–Trinajstić information content (AvgIpc) is 2.75. The zero-order valence-corrected chi connectivity index (χ0v) is 15.4. The maximum absolute atomic E-state index is 5.72. The fraction of sp³-hybridized carbons (Fsp3) is 0.0417. The molecule has 138 valence electrons. The van der Waals surface area contributed by atoms with Crippen molar-refractivity contribution in [2.24, 2.45) is 11.5 Å². The van der Waals surface area contributed by atoms with Gasteiger partial charge in [-0.15, -0.1) is 0 Å². The van der Waals surface area contributed by atoms with Gasteiger partial charge in [-0.3, -0.25) is 11.5 Å². The van der Waals surface area contributed by atoms with Crippen molar-refractivity contribution < 1.29 is 0 Å². The molecule has 0 unspecified atom stereocenters. The number of nitrogens with two attached hydrogens (primary N) is 2. The van der Waals surface area contributed by atoms with Crippen LogP contribution in [0, 0.1) is 0 Å². The van der Waals surface area contributed by atoms with Gasteiger partial charge in [0.1, 0.15) is 12.1 Å². The molecule has 4 aromatic rings. The van der Waals surface area contributed by atoms with Crippen LogP contribution in [0.25, 0.3) is 33.4 Å². The van der Waals surface area contributed by atoms with Crippen LogP contribution in [0.4, 0.5) is 5.82 Å². The number of benzene rings is 3. The highest BCUT2D eigenvalue weighted by Crippen LogP contribution is 2.32. The molecule has 5 N–H and O–H groups in total. The fourth-order valence-electron chi connectivity index (χ4n) is 3.22. The molecule has 0 saturated heterocycles. The van der Waals surface area contributed by atoms with Gasteiger partial charge in [0.05, 0.1) is 0 Å². The molecule has 0 aliphatic carbocycles. The monoisotopic (exact) mass is 366 g/mol. The Morgan fingerprint density at radius 3 is 1.68 bits per heavy atom. The van der Waals surface area contributed by atoms with Crippen molar-refractivity contribution in [2.75, 3.05) is 5.32 Å². The van der Waals surface area contributed by atoms with Crippen LogP contribution in [0.1, 0.15) is 0 Å². The first kappa shape index (κ1) is 17.9. The van der Waals surface area contributed by atoms with Crippen LogP contribution in [0.5, 0.6) is 0 Å². The third kappa shape index (κ3) is 3.93. The van der Waals surface area contributed by atoms with Crippen molar-refractivity contribution in [3.63, 3.8) is 0 Å². The van der Waals surface area contributed by atoms with E-state index in [-0.39, 0.29) is 0 Å². The summed E-state index contributed by atoms with van der Waals surface area (Å²) in [6.45, 7) is 0. The molecule has 0 amide bonds. The number of hydrogen-bond donors (Lipinski definition) is 3. The Morgan fingerprint density at radius 1 is 0.607 bits per heavy atom. The normalized spacial score (nSPS) is 10.8. The number of anilines is 1. The second-order valence-corrected chi connectivity index (χ2v) is 6.60. The van der Waals surface area contributed by atoms with Crippen molar-refractivity contribution in [1.82, 2.24) is 4.98 Å². The summed E-state index contributed by atoms with van der Waals surface area (Å²) in [6.07, 6.45) is 1.17. The fourth-order valence-corrected chi connectivity index (χ4v) is 3.22. The number of aromatic nitrogens is 1. The van der Waals surface area contributed by atoms with Crippen molar-refractivity contribution in [3.8, 4) is 33.4 Å². The molecular weight excluding hydrogens is 344 g/mol. The number of pyridine rings is 1. The number of hydrogen-bond acceptors (Lipinski definition) is 4. The molecule has 4 heteroatoms. The van der Waals surface area contributed by atoms with Gasteiger partial charge < -0.3 is 5.32 Å². The van der Waals surface area contributed by atoms with Gasteiger partial charge in [0, 0.05) is 17.3 Å². The van der Waals surface area contributed by atoms with E-state index in [1.807, 2.05) is 54.7 Å². The average molecular weight is 366 g/mol. The van der Waals surface area contributed by atoms with E-state index in [2.05, 4.69) is 52.8 Å². The van der Waals surface area contributed by atoms with E-state index in [9.17, 15) is 0 Å². The predicted molar refractivity (Wildman–Crippen MR) is 116 cm³/mol. The van der Waals surface area contributed by atoms with Crippen LogP contribution in [0.3, 0.4) is 0 Å². The Bertz CT molecular complexity index is 1040. The van der Waals surface area contributed by atoms with E-state index >= 15 is 0 Å². The highest BCUT2D eigenvalue weighted by atomic mass is 15.2. The van der Waals surface area contributed by atoms with E-state index < -0.39 is 6.29 Å². The van der Waals surface area contributed by atoms with E-state index in [0.29, 0.717) is 5.82 Å². The van der Waals surface area contributed by atoms with Gasteiger partial charge in [-0.05, 0) is 28.3 Å². The second-order valence-electron chi connectivity index (χ2n) is 6.60. The minimum absolute atomic E-state index is 0.672. The number of nitrogens with zero attached hydrogens (tertiary/aromatic N) is 1. The van der Waals surface area contributed by atoms with E-state index in [1.165, 1.54) is 11.1 Å². The van der Waals surface area contributed by atoms with Crippen molar-refractivity contribution in [2.45, 2.75) is 6.29 Å². The van der Waals surface area contributed by atoms with Gasteiger partial charge in [0.25, 0.3) is 0 Å². The van der Waals surface area contributed by atoms with Gasteiger partial charge in [-0.2, -0.15) is 0 Å². The molecule has 1 heterocycles. The zero-order valence-electron chi connectivity index (χ0n) is 15.4. The molecule has 4 nitrogen and oxygen atoms in total. The zero-order chi connectivity index (χ0) is 19.3. The lowest BCUT2D eigenvalue weighted by Crippen LogP contribution is -2.39. The molecule has 3 aromatic carbocycles. The first-order valence-corrected chi connectivity index (χ1v) is 9.20. The summed E-state index contributed by atoms with van der Waals surface area (Å²) < 4.78 is 0. The topological polar surface area (TPSA) is 77.0 Å². The lowest BCUT2D eigenvalue weighted by atomic mass is 9.98. The molecular formula is C24H22N4. The van der Waals surface area contributed by atoms with Crippen LogP contribution in [-0.4, -0.2) is 11.3 Å². The maximum atomic E-state index is 5.72. The minimum Gasteiger partial charge on any atom is -0.342 e. The first-order chi connectivity index (χ1) is 13.7. The van der Waals surface area contributed by atoms with E-state index in [4.69, 9.17) is 11.5 Å². The summed E-state index contributed by atoms with van der Waals surface area (Å²) in [5.41, 5.74) is 18.0. The second kappa shape index (κ2) is 8.05. The molecule has 0 spiro atoms. The van der Waals surface area contributed by atoms with Crippen molar-refractivity contribution in [1.29, 1.82) is 0 Å². The molecule has 1 aromatic heterocycles. The molecule has 28 heavy (non-hydrogen) atoms. The van der Waals surface area contributed by atoms with Crippen LogP contribution in [0.15, 0.2) is 97.2 Å². The largest absolute Gasteiger partial charge is 0.342 e. The molecule has 0 radical (unpaired) electrons. The highest BCUT2D eigenvalue weighted by molar-refractivity contribution is 5.81. The summed E-state index contributed by atoms with van der Waals surface area (Å²) in [4.78, 5) is 4.58. The summed E-state index contributed by atoms with van der Waals surface area (Å²) in [5, 5.41) is 3.03. The lowest BCUT2D eigenvalue weighted by molar-refractivity contribution is 0.801. The van der Waals surface area contributed by atoms with Gasteiger partial charge in [0.2, 0.25) is 0 Å². The summed E-state index contributed by atoms with van der Waals surface area (Å²) >= 11 is 0. The molecule has 0 saturated carbocycles. The van der Waals surface area contributed by atoms with Gasteiger partial charge in [-0.25, -0.2) is 4.98 Å². The third-order valence-corrected chi connectivity index (χ3v) is 4.60. The SMILES string of the molecule is NC(N)Nc1ncc(-c2ccc(-c3ccccc3)cc2)cc1-c1ccccc1. The Morgan fingerprint density at radius 2 is 1.11 bits per heavy atom. The molecule has 4 rings (SSSR count). The Hall–Kier alpha value is -3.47. The Balaban J connectivity index is 1.72.